The number of amides is 1. The zero-order valence-electron chi connectivity index (χ0n) is 8.87. The molecular weight excluding hydrogens is 259 g/mol. The molecule has 0 aliphatic heterocycles. The van der Waals surface area contributed by atoms with Crippen LogP contribution < -0.4 is 5.32 Å². The molecule has 1 amide bonds. The van der Waals surface area contributed by atoms with Gasteiger partial charge in [-0.3, -0.25) is 9.89 Å². The lowest BCUT2D eigenvalue weighted by molar-refractivity contribution is 0.102. The molecule has 5 nitrogen and oxygen atoms in total. The van der Waals surface area contributed by atoms with Crippen LogP contribution in [-0.2, 0) is 0 Å². The number of rotatable bonds is 2. The van der Waals surface area contributed by atoms with Crippen molar-refractivity contribution in [1.82, 2.24) is 10.2 Å². The first-order valence-electron chi connectivity index (χ1n) is 4.81. The highest BCUT2D eigenvalue weighted by molar-refractivity contribution is 6.31. The molecule has 0 bridgehead atoms. The molecule has 2 aromatic rings. The predicted molar refractivity (Wildman–Crippen MR) is 62.7 cm³/mol. The minimum absolute atomic E-state index is 0.146. The van der Waals surface area contributed by atoms with Gasteiger partial charge in [-0.25, -0.2) is 4.39 Å². The second kappa shape index (κ2) is 4.85. The summed E-state index contributed by atoms with van der Waals surface area (Å²) in [6, 6.07) is 5.44. The second-order valence-electron chi connectivity index (χ2n) is 3.35. The Kier molecular flexibility index (Phi) is 3.26. The van der Waals surface area contributed by atoms with Crippen molar-refractivity contribution >= 4 is 23.3 Å². The van der Waals surface area contributed by atoms with Gasteiger partial charge in [-0.1, -0.05) is 11.6 Å². The largest absolute Gasteiger partial charge is 0.306 e. The molecule has 0 aliphatic rings. The van der Waals surface area contributed by atoms with Gasteiger partial charge in [0.25, 0.3) is 5.91 Å². The molecule has 1 heterocycles. The van der Waals surface area contributed by atoms with Crippen LogP contribution in [0.4, 0.5) is 10.2 Å². The normalized spacial score (nSPS) is 9.83. The summed E-state index contributed by atoms with van der Waals surface area (Å²) in [6.45, 7) is 0. The predicted octanol–water partition coefficient (Wildman–Crippen LogP) is 2.33. The fraction of sp³-hybridized carbons (Fsp3) is 0. The van der Waals surface area contributed by atoms with E-state index in [4.69, 9.17) is 16.9 Å². The van der Waals surface area contributed by atoms with Crippen LogP contribution in [0.15, 0.2) is 24.4 Å². The van der Waals surface area contributed by atoms with Crippen LogP contribution in [0.2, 0.25) is 5.02 Å². The van der Waals surface area contributed by atoms with Gasteiger partial charge in [-0.05, 0) is 18.2 Å². The van der Waals surface area contributed by atoms with Crippen molar-refractivity contribution in [3.05, 3.63) is 46.4 Å². The summed E-state index contributed by atoms with van der Waals surface area (Å²) < 4.78 is 12.9. The molecule has 0 unspecified atom stereocenters. The van der Waals surface area contributed by atoms with Gasteiger partial charge in [0.15, 0.2) is 0 Å². The number of H-pyrrole nitrogens is 1. The molecule has 18 heavy (non-hydrogen) atoms. The van der Waals surface area contributed by atoms with Crippen molar-refractivity contribution in [3.8, 4) is 6.07 Å². The first kappa shape index (κ1) is 12.1. The number of nitrogens with zero attached hydrogens (tertiary/aromatic N) is 2. The summed E-state index contributed by atoms with van der Waals surface area (Å²) >= 11 is 5.57. The molecule has 2 N–H and O–H groups in total. The minimum Gasteiger partial charge on any atom is -0.306 e. The van der Waals surface area contributed by atoms with Crippen LogP contribution in [0.1, 0.15) is 15.9 Å². The average molecular weight is 265 g/mol. The Bertz CT molecular complexity index is 647. The van der Waals surface area contributed by atoms with Crippen LogP contribution in [0, 0.1) is 17.1 Å². The quantitative estimate of drug-likeness (QED) is 0.873. The van der Waals surface area contributed by atoms with E-state index in [2.05, 4.69) is 15.5 Å². The maximum absolute atomic E-state index is 12.9. The zero-order chi connectivity index (χ0) is 13.1. The molecule has 0 saturated heterocycles. The van der Waals surface area contributed by atoms with Crippen LogP contribution in [0.3, 0.4) is 0 Å². The molecule has 0 fully saturated rings. The lowest BCUT2D eigenvalue weighted by Gasteiger charge is -2.03. The summed E-state index contributed by atoms with van der Waals surface area (Å²) in [6.07, 6.45) is 1.28. The molecule has 0 atom stereocenters. The third-order valence-corrected chi connectivity index (χ3v) is 2.47. The molecule has 7 heteroatoms. The Labute approximate surface area is 106 Å². The number of carbonyl (C=O) groups is 1. The van der Waals surface area contributed by atoms with Gasteiger partial charge in [0.05, 0.1) is 11.2 Å². The molecule has 1 aromatic heterocycles. The number of hydrogen-bond donors (Lipinski definition) is 2. The van der Waals surface area contributed by atoms with E-state index < -0.39 is 11.7 Å². The zero-order valence-corrected chi connectivity index (χ0v) is 9.62. The molecule has 1 aromatic carbocycles. The molecule has 90 valence electrons. The molecule has 0 radical (unpaired) electrons. The topological polar surface area (TPSA) is 81.6 Å². The lowest BCUT2D eigenvalue weighted by atomic mass is 10.2. The Morgan fingerprint density at radius 1 is 1.56 bits per heavy atom. The van der Waals surface area contributed by atoms with Gasteiger partial charge in [0, 0.05) is 5.56 Å². The van der Waals surface area contributed by atoms with Crippen LogP contribution in [-0.4, -0.2) is 16.1 Å². The molecule has 0 spiro atoms. The Hall–Kier alpha value is -2.39. The lowest BCUT2D eigenvalue weighted by Crippen LogP contribution is -2.13. The maximum atomic E-state index is 12.9. The van der Waals surface area contributed by atoms with Gasteiger partial charge in [0.1, 0.15) is 23.3 Å². The number of anilines is 1. The van der Waals surface area contributed by atoms with Gasteiger partial charge in [-0.2, -0.15) is 10.4 Å². The van der Waals surface area contributed by atoms with Crippen LogP contribution >= 0.6 is 11.6 Å². The van der Waals surface area contributed by atoms with Gasteiger partial charge in [0.2, 0.25) is 0 Å². The van der Waals surface area contributed by atoms with Crippen LogP contribution in [0.5, 0.6) is 0 Å². The van der Waals surface area contributed by atoms with Gasteiger partial charge in [-0.15, -0.1) is 0 Å². The van der Waals surface area contributed by atoms with Crippen LogP contribution in [0.25, 0.3) is 0 Å². The summed E-state index contributed by atoms with van der Waals surface area (Å²) in [4.78, 5) is 11.8. The summed E-state index contributed by atoms with van der Waals surface area (Å²) in [5.74, 6) is -0.937. The third-order valence-electron chi connectivity index (χ3n) is 2.18. The van der Waals surface area contributed by atoms with Crippen molar-refractivity contribution < 1.29 is 9.18 Å². The molecule has 0 aliphatic carbocycles. The number of nitriles is 1. The smallest absolute Gasteiger partial charge is 0.256 e. The minimum atomic E-state index is -0.604. The highest BCUT2D eigenvalue weighted by Gasteiger charge is 2.12. The van der Waals surface area contributed by atoms with Crippen molar-refractivity contribution in [1.29, 1.82) is 5.26 Å². The van der Waals surface area contributed by atoms with E-state index in [0.29, 0.717) is 0 Å². The van der Waals surface area contributed by atoms with Gasteiger partial charge >= 0.3 is 0 Å². The summed E-state index contributed by atoms with van der Waals surface area (Å²) in [7, 11) is 0. The molecule has 0 saturated carbocycles. The summed E-state index contributed by atoms with van der Waals surface area (Å²) in [5.41, 5.74) is 0.386. The molecule has 2 rings (SSSR count). The Morgan fingerprint density at radius 3 is 3.00 bits per heavy atom. The Morgan fingerprint density at radius 2 is 2.33 bits per heavy atom. The Balaban J connectivity index is 2.23. The first-order chi connectivity index (χ1) is 8.61. The number of aromatic nitrogens is 2. The SMILES string of the molecule is N#Cc1cn[nH]c1NC(=O)c1ccc(F)c(Cl)c1. The van der Waals surface area contributed by atoms with E-state index in [1.807, 2.05) is 6.07 Å². The van der Waals surface area contributed by atoms with E-state index in [1.165, 1.54) is 18.3 Å². The highest BCUT2D eigenvalue weighted by Crippen LogP contribution is 2.17. The number of nitrogens with one attached hydrogen (secondary N) is 2. The number of halogens is 2. The third kappa shape index (κ3) is 2.31. The van der Waals surface area contributed by atoms with E-state index in [1.54, 1.807) is 0 Å². The fourth-order valence-electron chi connectivity index (χ4n) is 1.29. The number of carbonyl (C=O) groups excluding carboxylic acids is 1. The number of aromatic amines is 1. The van der Waals surface area contributed by atoms with E-state index in [9.17, 15) is 9.18 Å². The van der Waals surface area contributed by atoms with Crippen molar-refractivity contribution in [2.75, 3.05) is 5.32 Å². The van der Waals surface area contributed by atoms with E-state index >= 15 is 0 Å². The van der Waals surface area contributed by atoms with Crippen molar-refractivity contribution in [3.63, 3.8) is 0 Å². The van der Waals surface area contributed by atoms with E-state index in [-0.39, 0.29) is 22.0 Å². The monoisotopic (exact) mass is 264 g/mol. The van der Waals surface area contributed by atoms with Crippen molar-refractivity contribution in [2.45, 2.75) is 0 Å². The molecular formula is C11H6ClFN4O. The number of hydrogen-bond acceptors (Lipinski definition) is 3. The first-order valence-corrected chi connectivity index (χ1v) is 5.19. The van der Waals surface area contributed by atoms with E-state index in [0.717, 1.165) is 6.07 Å². The van der Waals surface area contributed by atoms with Crippen molar-refractivity contribution in [2.24, 2.45) is 0 Å². The van der Waals surface area contributed by atoms with Gasteiger partial charge < -0.3 is 5.32 Å². The second-order valence-corrected chi connectivity index (χ2v) is 3.76. The number of benzene rings is 1. The highest BCUT2D eigenvalue weighted by atomic mass is 35.5. The summed E-state index contributed by atoms with van der Waals surface area (Å²) in [5, 5.41) is 17.1. The standard InChI is InChI=1S/C11H6ClFN4O/c12-8-3-6(1-2-9(8)13)11(18)16-10-7(4-14)5-15-17-10/h1-3,5H,(H2,15,16,17,18). The average Bonchev–Trinajstić information content (AvgIpc) is 2.79. The maximum Gasteiger partial charge on any atom is 0.256 e. The fourth-order valence-corrected chi connectivity index (χ4v) is 1.47.